The molecule has 1 aromatic rings. The van der Waals surface area contributed by atoms with Gasteiger partial charge in [-0.1, -0.05) is 0 Å². The second-order valence-corrected chi connectivity index (χ2v) is 4.32. The number of aliphatic imine (C=N–C) groups is 1. The Bertz CT molecular complexity index is 363. The van der Waals surface area contributed by atoms with Crippen molar-refractivity contribution in [2.24, 2.45) is 4.99 Å². The maximum Gasteiger partial charge on any atom is 0.271 e. The van der Waals surface area contributed by atoms with Crippen LogP contribution in [0.4, 0.5) is 0 Å². The summed E-state index contributed by atoms with van der Waals surface area (Å²) in [5.74, 6) is 0.374. The van der Waals surface area contributed by atoms with E-state index >= 15 is 0 Å². The number of hydrogen-bond donors (Lipinski definition) is 0. The highest BCUT2D eigenvalue weighted by molar-refractivity contribution is 8.38. The van der Waals surface area contributed by atoms with Gasteiger partial charge in [0.1, 0.15) is 10.1 Å². The summed E-state index contributed by atoms with van der Waals surface area (Å²) < 4.78 is 5.80. The van der Waals surface area contributed by atoms with Crippen LogP contribution in [0.3, 0.4) is 0 Å². The quantitative estimate of drug-likeness (QED) is 0.453. The fraction of sp³-hybridized carbons (Fsp3) is 0.200. The molecule has 0 saturated heterocycles. The van der Waals surface area contributed by atoms with Gasteiger partial charge in [0, 0.05) is 6.08 Å². The summed E-state index contributed by atoms with van der Waals surface area (Å²) in [5, 5.41) is 0. The normalized spacial score (nSPS) is 10.5. The minimum atomic E-state index is -0.273. The number of furan rings is 1. The molecule has 0 N–H and O–H groups in total. The molecule has 0 unspecified atom stereocenters. The van der Waals surface area contributed by atoms with Crippen LogP contribution in [0.25, 0.3) is 6.08 Å². The molecule has 0 radical (unpaired) electrons. The second kappa shape index (κ2) is 6.53. The minimum absolute atomic E-state index is 0.273. The largest absolute Gasteiger partial charge is 0.465 e. The van der Waals surface area contributed by atoms with Gasteiger partial charge in [-0.2, -0.15) is 4.99 Å². The van der Waals surface area contributed by atoms with E-state index < -0.39 is 0 Å². The zero-order chi connectivity index (χ0) is 11.1. The molecule has 1 rings (SSSR count). The predicted molar refractivity (Wildman–Crippen MR) is 67.2 cm³/mol. The van der Waals surface area contributed by atoms with Crippen molar-refractivity contribution in [1.29, 1.82) is 0 Å². The first-order valence-electron chi connectivity index (χ1n) is 4.18. The molecule has 80 valence electrons. The van der Waals surface area contributed by atoms with Crippen molar-refractivity contribution in [3.63, 3.8) is 0 Å². The molecule has 0 spiro atoms. The summed E-state index contributed by atoms with van der Waals surface area (Å²) in [6, 6.07) is 3.54. The number of rotatable bonds is 2. The van der Waals surface area contributed by atoms with Crippen LogP contribution in [-0.4, -0.2) is 22.8 Å². The molecule has 0 bridgehead atoms. The molecule has 0 aliphatic carbocycles. The van der Waals surface area contributed by atoms with Crippen molar-refractivity contribution in [2.75, 3.05) is 12.5 Å². The van der Waals surface area contributed by atoms with Gasteiger partial charge in [-0.05, 0) is 30.7 Å². The average molecular weight is 241 g/mol. The van der Waals surface area contributed by atoms with Gasteiger partial charge in [-0.3, -0.25) is 4.79 Å². The molecule has 0 fully saturated rings. The smallest absolute Gasteiger partial charge is 0.271 e. The van der Waals surface area contributed by atoms with E-state index in [2.05, 4.69) is 4.99 Å². The molecule has 0 aliphatic heterocycles. The summed E-state index contributed by atoms with van der Waals surface area (Å²) in [7, 11) is 0. The van der Waals surface area contributed by atoms with E-state index in [9.17, 15) is 4.79 Å². The Labute approximate surface area is 97.0 Å². The molecule has 0 aliphatic rings. The first-order valence-corrected chi connectivity index (χ1v) is 6.63. The number of thioether (sulfide) groups is 2. The zero-order valence-electron chi connectivity index (χ0n) is 8.47. The van der Waals surface area contributed by atoms with Crippen molar-refractivity contribution in [3.05, 3.63) is 30.2 Å². The lowest BCUT2D eigenvalue weighted by Gasteiger charge is -1.93. The van der Waals surface area contributed by atoms with Crippen LogP contribution in [0.15, 0.2) is 33.9 Å². The summed E-state index contributed by atoms with van der Waals surface area (Å²) in [6.45, 7) is 0. The number of carbonyl (C=O) groups is 1. The predicted octanol–water partition coefficient (Wildman–Crippen LogP) is 2.90. The van der Waals surface area contributed by atoms with Gasteiger partial charge < -0.3 is 4.42 Å². The third-order valence-corrected chi connectivity index (χ3v) is 3.37. The van der Waals surface area contributed by atoms with Crippen LogP contribution in [0, 0.1) is 0 Å². The molecule has 1 aromatic heterocycles. The fourth-order valence-electron chi connectivity index (χ4n) is 0.841. The van der Waals surface area contributed by atoms with Crippen LogP contribution < -0.4 is 0 Å². The van der Waals surface area contributed by atoms with E-state index in [1.807, 2.05) is 12.5 Å². The number of nitrogens with zero attached hydrogens (tertiary/aromatic N) is 1. The van der Waals surface area contributed by atoms with Crippen molar-refractivity contribution < 1.29 is 9.21 Å². The first-order chi connectivity index (χ1) is 7.26. The Kier molecular flexibility index (Phi) is 5.28. The van der Waals surface area contributed by atoms with E-state index in [4.69, 9.17) is 4.42 Å². The third-order valence-electron chi connectivity index (χ3n) is 1.48. The molecular formula is C10H11NO2S2. The Hall–Kier alpha value is -0.940. The summed E-state index contributed by atoms with van der Waals surface area (Å²) in [6.07, 6.45) is 8.33. The van der Waals surface area contributed by atoms with E-state index in [-0.39, 0.29) is 5.91 Å². The first kappa shape index (κ1) is 12.1. The number of hydrogen-bond acceptors (Lipinski definition) is 4. The summed E-state index contributed by atoms with van der Waals surface area (Å²) in [4.78, 5) is 15.2. The van der Waals surface area contributed by atoms with Gasteiger partial charge >= 0.3 is 0 Å². The van der Waals surface area contributed by atoms with Crippen molar-refractivity contribution in [1.82, 2.24) is 0 Å². The van der Waals surface area contributed by atoms with Gasteiger partial charge in [0.15, 0.2) is 0 Å². The Morgan fingerprint density at radius 2 is 2.20 bits per heavy atom. The summed E-state index contributed by atoms with van der Waals surface area (Å²) >= 11 is 2.91. The maximum atomic E-state index is 11.3. The lowest BCUT2D eigenvalue weighted by molar-refractivity contribution is -0.113. The SMILES string of the molecule is CSC(=NC(=O)C=Cc1ccco1)SC. The van der Waals surface area contributed by atoms with Gasteiger partial charge in [-0.15, -0.1) is 23.5 Å². The summed E-state index contributed by atoms with van der Waals surface area (Å²) in [5.41, 5.74) is 0. The topological polar surface area (TPSA) is 42.6 Å². The van der Waals surface area contributed by atoms with Crippen LogP contribution in [0.5, 0.6) is 0 Å². The highest BCUT2D eigenvalue weighted by Crippen LogP contribution is 2.11. The molecule has 1 heterocycles. The van der Waals surface area contributed by atoms with Crippen LogP contribution in [-0.2, 0) is 4.79 Å². The van der Waals surface area contributed by atoms with E-state index in [1.165, 1.54) is 29.6 Å². The van der Waals surface area contributed by atoms with Gasteiger partial charge in [-0.25, -0.2) is 0 Å². The molecule has 15 heavy (non-hydrogen) atoms. The Morgan fingerprint density at radius 3 is 2.73 bits per heavy atom. The fourth-order valence-corrected chi connectivity index (χ4v) is 1.87. The Balaban J connectivity index is 2.59. The van der Waals surface area contributed by atoms with Gasteiger partial charge in [0.05, 0.1) is 6.26 Å². The zero-order valence-corrected chi connectivity index (χ0v) is 10.1. The molecule has 0 atom stereocenters. The van der Waals surface area contributed by atoms with Gasteiger partial charge in [0.2, 0.25) is 0 Å². The molecule has 0 saturated carbocycles. The monoisotopic (exact) mass is 241 g/mol. The number of carbonyl (C=O) groups excluding carboxylic acids is 1. The van der Waals surface area contributed by atoms with Gasteiger partial charge in [0.25, 0.3) is 5.91 Å². The Morgan fingerprint density at radius 1 is 1.47 bits per heavy atom. The lowest BCUT2D eigenvalue weighted by Crippen LogP contribution is -1.91. The molecule has 0 aromatic carbocycles. The molecule has 3 nitrogen and oxygen atoms in total. The molecule has 5 heteroatoms. The maximum absolute atomic E-state index is 11.3. The highest BCUT2D eigenvalue weighted by Gasteiger charge is 1.98. The van der Waals surface area contributed by atoms with E-state index in [1.54, 1.807) is 24.5 Å². The second-order valence-electron chi connectivity index (χ2n) is 2.47. The van der Waals surface area contributed by atoms with Crippen molar-refractivity contribution in [3.8, 4) is 0 Å². The minimum Gasteiger partial charge on any atom is -0.465 e. The van der Waals surface area contributed by atoms with E-state index in [0.29, 0.717) is 5.76 Å². The highest BCUT2D eigenvalue weighted by atomic mass is 32.2. The van der Waals surface area contributed by atoms with Crippen LogP contribution in [0.1, 0.15) is 5.76 Å². The van der Waals surface area contributed by atoms with Crippen molar-refractivity contribution >= 4 is 39.9 Å². The average Bonchev–Trinajstić information content (AvgIpc) is 2.75. The van der Waals surface area contributed by atoms with E-state index in [0.717, 1.165) is 4.38 Å². The van der Waals surface area contributed by atoms with Crippen LogP contribution >= 0.6 is 23.5 Å². The van der Waals surface area contributed by atoms with Crippen molar-refractivity contribution in [2.45, 2.75) is 0 Å². The molecule has 1 amide bonds. The van der Waals surface area contributed by atoms with Crippen LogP contribution in [0.2, 0.25) is 0 Å². The lowest BCUT2D eigenvalue weighted by atomic mass is 10.4. The number of amides is 1. The standard InChI is InChI=1S/C10H11NO2S2/c1-14-10(15-2)11-9(12)6-5-8-4-3-7-13-8/h3-7H,1-2H3. The molecular weight excluding hydrogens is 230 g/mol. The third kappa shape index (κ3) is 4.40.